The number of aryl methyl sites for hydroxylation is 1. The molecule has 0 heterocycles. The molecule has 0 saturated carbocycles. The molecule has 3 rings (SSSR count). The summed E-state index contributed by atoms with van der Waals surface area (Å²) in [7, 11) is 0. The topological polar surface area (TPSA) is 96.3 Å². The van der Waals surface area contributed by atoms with Crippen molar-refractivity contribution in [3.63, 3.8) is 0 Å². The van der Waals surface area contributed by atoms with Crippen LogP contribution in [-0.4, -0.2) is 21.2 Å². The molecule has 0 aliphatic heterocycles. The van der Waals surface area contributed by atoms with Crippen molar-refractivity contribution in [3.8, 4) is 0 Å². The number of rotatable bonds is 8. The van der Waals surface area contributed by atoms with E-state index < -0.39 is 4.92 Å². The predicted molar refractivity (Wildman–Crippen MR) is 139 cm³/mol. The van der Waals surface area contributed by atoms with E-state index >= 15 is 0 Å². The summed E-state index contributed by atoms with van der Waals surface area (Å²) in [6.45, 7) is 3.97. The van der Waals surface area contributed by atoms with E-state index in [0.717, 1.165) is 16.3 Å². The molecular weight excluding hydrogens is 456 g/mol. The number of thiocarbonyl (C=S) groups is 1. The maximum atomic E-state index is 12.7. The third-order valence-corrected chi connectivity index (χ3v) is 6.25. The fourth-order valence-corrected chi connectivity index (χ4v) is 4.20. The highest BCUT2D eigenvalue weighted by Crippen LogP contribution is 2.29. The molecule has 0 bridgehead atoms. The highest BCUT2D eigenvalue weighted by Gasteiger charge is 2.19. The highest BCUT2D eigenvalue weighted by atomic mass is 32.2. The number of amides is 1. The van der Waals surface area contributed by atoms with E-state index in [1.54, 1.807) is 0 Å². The zero-order chi connectivity index (χ0) is 23.8. The van der Waals surface area contributed by atoms with Gasteiger partial charge in [-0.3, -0.25) is 14.9 Å². The van der Waals surface area contributed by atoms with Crippen molar-refractivity contribution in [2.24, 2.45) is 0 Å². The minimum Gasteiger partial charge on any atom is -0.332 e. The molecule has 0 spiro atoms. The quantitative estimate of drug-likeness (QED) is 0.152. The van der Waals surface area contributed by atoms with Crippen molar-refractivity contribution >= 4 is 57.7 Å². The molecule has 9 heteroatoms. The molecule has 0 aliphatic rings. The molecule has 1 unspecified atom stereocenters. The van der Waals surface area contributed by atoms with Crippen LogP contribution in [0.5, 0.6) is 0 Å². The van der Waals surface area contributed by atoms with Crippen molar-refractivity contribution in [2.75, 3.05) is 16.0 Å². The van der Waals surface area contributed by atoms with Gasteiger partial charge in [0.15, 0.2) is 5.11 Å². The van der Waals surface area contributed by atoms with Gasteiger partial charge in [0, 0.05) is 34.1 Å². The van der Waals surface area contributed by atoms with E-state index in [9.17, 15) is 14.9 Å². The Balaban J connectivity index is 1.59. The molecule has 1 amide bonds. The maximum Gasteiger partial charge on any atom is 0.269 e. The Morgan fingerprint density at radius 2 is 1.58 bits per heavy atom. The number of thioether (sulfide) groups is 1. The van der Waals surface area contributed by atoms with Gasteiger partial charge in [-0.1, -0.05) is 30.7 Å². The van der Waals surface area contributed by atoms with Gasteiger partial charge in [-0.05, 0) is 68.0 Å². The van der Waals surface area contributed by atoms with Crippen LogP contribution in [0.1, 0.15) is 18.9 Å². The van der Waals surface area contributed by atoms with Crippen LogP contribution in [0.3, 0.4) is 0 Å². The van der Waals surface area contributed by atoms with Crippen LogP contribution in [0.15, 0.2) is 77.7 Å². The summed E-state index contributed by atoms with van der Waals surface area (Å²) in [5, 5.41) is 20.1. The summed E-state index contributed by atoms with van der Waals surface area (Å²) in [6, 6.07) is 21.4. The fourth-order valence-electron chi connectivity index (χ4n) is 2.95. The number of benzene rings is 3. The molecule has 1 atom stereocenters. The van der Waals surface area contributed by atoms with Crippen molar-refractivity contribution in [1.29, 1.82) is 0 Å². The third kappa shape index (κ3) is 7.30. The lowest BCUT2D eigenvalue weighted by Gasteiger charge is -2.16. The lowest BCUT2D eigenvalue weighted by Crippen LogP contribution is -2.24. The molecule has 0 radical (unpaired) electrons. The number of nitro groups is 1. The average Bonchev–Trinajstić information content (AvgIpc) is 2.79. The monoisotopic (exact) mass is 480 g/mol. The Morgan fingerprint density at radius 3 is 2.21 bits per heavy atom. The molecule has 3 aromatic rings. The minimum atomic E-state index is -0.473. The van der Waals surface area contributed by atoms with Crippen LogP contribution in [0.25, 0.3) is 0 Å². The number of hydrogen-bond acceptors (Lipinski definition) is 5. The maximum absolute atomic E-state index is 12.7. The number of hydrogen-bond donors (Lipinski definition) is 3. The SMILES string of the molecule is CCC(Sc1cccc(NC(=S)Nc2ccc(C)cc2)c1)C(=O)Nc1ccc([N+](=O)[O-])cc1. The lowest BCUT2D eigenvalue weighted by atomic mass is 10.2. The number of carbonyl (C=O) groups is 1. The highest BCUT2D eigenvalue weighted by molar-refractivity contribution is 8.00. The van der Waals surface area contributed by atoms with Gasteiger partial charge >= 0.3 is 0 Å². The first-order valence-electron chi connectivity index (χ1n) is 10.3. The number of nitrogens with one attached hydrogen (secondary N) is 3. The zero-order valence-corrected chi connectivity index (χ0v) is 19.8. The summed E-state index contributed by atoms with van der Waals surface area (Å²) in [5.74, 6) is -0.161. The molecule has 0 saturated heterocycles. The first-order chi connectivity index (χ1) is 15.8. The average molecular weight is 481 g/mol. The number of nitrogens with zero attached hydrogens (tertiary/aromatic N) is 1. The second kappa shape index (κ2) is 11.4. The standard InChI is InChI=1S/C24H24N4O3S2/c1-3-22(23(29)25-17-11-13-20(14-12-17)28(30)31)33-21-6-4-5-19(15-21)27-24(32)26-18-9-7-16(2)8-10-18/h4-15,22H,3H2,1-2H3,(H,25,29)(H2,26,27,32). The normalized spacial score (nSPS) is 11.3. The van der Waals surface area contributed by atoms with Gasteiger partial charge in [0.2, 0.25) is 5.91 Å². The van der Waals surface area contributed by atoms with E-state index in [4.69, 9.17) is 12.2 Å². The van der Waals surface area contributed by atoms with Crippen LogP contribution in [-0.2, 0) is 4.79 Å². The van der Waals surface area contributed by atoms with Gasteiger partial charge < -0.3 is 16.0 Å². The Labute approximate surface area is 202 Å². The smallest absolute Gasteiger partial charge is 0.269 e. The Kier molecular flexibility index (Phi) is 8.39. The van der Waals surface area contributed by atoms with Gasteiger partial charge in [-0.25, -0.2) is 0 Å². The second-order valence-corrected chi connectivity index (χ2v) is 8.97. The van der Waals surface area contributed by atoms with E-state index in [-0.39, 0.29) is 16.8 Å². The Morgan fingerprint density at radius 1 is 0.970 bits per heavy atom. The van der Waals surface area contributed by atoms with Crippen molar-refractivity contribution < 1.29 is 9.72 Å². The molecule has 0 fully saturated rings. The molecule has 0 aliphatic carbocycles. The first kappa shape index (κ1) is 24.2. The fraction of sp³-hybridized carbons (Fsp3) is 0.167. The van der Waals surface area contributed by atoms with Crippen LogP contribution < -0.4 is 16.0 Å². The van der Waals surface area contributed by atoms with Crippen molar-refractivity contribution in [1.82, 2.24) is 0 Å². The van der Waals surface area contributed by atoms with E-state index in [1.165, 1.54) is 41.6 Å². The molecule has 3 N–H and O–H groups in total. The number of non-ortho nitro benzene ring substituents is 1. The van der Waals surface area contributed by atoms with Gasteiger partial charge in [0.05, 0.1) is 10.2 Å². The molecule has 33 heavy (non-hydrogen) atoms. The van der Waals surface area contributed by atoms with Crippen molar-refractivity contribution in [3.05, 3.63) is 88.5 Å². The van der Waals surface area contributed by atoms with E-state index in [2.05, 4.69) is 16.0 Å². The number of nitro benzene ring substituents is 1. The Hall–Kier alpha value is -3.43. The summed E-state index contributed by atoms with van der Waals surface area (Å²) >= 11 is 6.86. The van der Waals surface area contributed by atoms with Gasteiger partial charge in [-0.15, -0.1) is 11.8 Å². The number of carbonyl (C=O) groups excluding carboxylic acids is 1. The second-order valence-electron chi connectivity index (χ2n) is 7.28. The van der Waals surface area contributed by atoms with E-state index in [0.29, 0.717) is 17.2 Å². The first-order valence-corrected chi connectivity index (χ1v) is 11.6. The Bertz CT molecular complexity index is 1140. The predicted octanol–water partition coefficient (Wildman–Crippen LogP) is 6.22. The largest absolute Gasteiger partial charge is 0.332 e. The molecule has 0 aromatic heterocycles. The summed E-state index contributed by atoms with van der Waals surface area (Å²) < 4.78 is 0. The van der Waals surface area contributed by atoms with Crippen molar-refractivity contribution in [2.45, 2.75) is 30.4 Å². The summed E-state index contributed by atoms with van der Waals surface area (Å²) in [5.41, 5.74) is 3.39. The molecule has 7 nitrogen and oxygen atoms in total. The van der Waals surface area contributed by atoms with Gasteiger partial charge in [0.25, 0.3) is 5.69 Å². The van der Waals surface area contributed by atoms with Gasteiger partial charge in [-0.2, -0.15) is 0 Å². The van der Waals surface area contributed by atoms with Crippen LogP contribution in [0, 0.1) is 17.0 Å². The summed E-state index contributed by atoms with van der Waals surface area (Å²) in [4.78, 5) is 24.0. The van der Waals surface area contributed by atoms with Crippen LogP contribution >= 0.6 is 24.0 Å². The van der Waals surface area contributed by atoms with Gasteiger partial charge in [0.1, 0.15) is 0 Å². The zero-order valence-electron chi connectivity index (χ0n) is 18.2. The minimum absolute atomic E-state index is 0.0199. The lowest BCUT2D eigenvalue weighted by molar-refractivity contribution is -0.384. The number of anilines is 3. The third-order valence-electron chi connectivity index (χ3n) is 4.69. The van der Waals surface area contributed by atoms with E-state index in [1.807, 2.05) is 62.4 Å². The summed E-state index contributed by atoms with van der Waals surface area (Å²) in [6.07, 6.45) is 0.620. The molecular formula is C24H24N4O3S2. The van der Waals surface area contributed by atoms with Crippen LogP contribution in [0.2, 0.25) is 0 Å². The van der Waals surface area contributed by atoms with Crippen LogP contribution in [0.4, 0.5) is 22.7 Å². The molecule has 170 valence electrons. The molecule has 3 aromatic carbocycles.